The minimum Gasteiger partial charge on any atom is -0.307 e. The lowest BCUT2D eigenvalue weighted by Gasteiger charge is -2.23. The van der Waals surface area contributed by atoms with Gasteiger partial charge in [0.1, 0.15) is 5.82 Å². The summed E-state index contributed by atoms with van der Waals surface area (Å²) >= 11 is 0. The molecule has 0 radical (unpaired) electrons. The Bertz CT molecular complexity index is 1020. The molecule has 166 valence electrons. The molecule has 0 saturated carbocycles. The van der Waals surface area contributed by atoms with Crippen molar-refractivity contribution in [1.29, 1.82) is 0 Å². The minimum atomic E-state index is -3.65. The first kappa shape index (κ1) is 24.1. The summed E-state index contributed by atoms with van der Waals surface area (Å²) in [5.41, 5.74) is 0.172. The van der Waals surface area contributed by atoms with E-state index in [1.165, 1.54) is 24.3 Å². The van der Waals surface area contributed by atoms with Crippen LogP contribution in [0.4, 0.5) is 5.82 Å². The Labute approximate surface area is 180 Å². The van der Waals surface area contributed by atoms with Gasteiger partial charge in [0.15, 0.2) is 0 Å². The van der Waals surface area contributed by atoms with Gasteiger partial charge in [-0.3, -0.25) is 4.79 Å². The predicted molar refractivity (Wildman–Crippen MR) is 120 cm³/mol. The average molecular weight is 435 g/mol. The standard InChI is InChI=1S/C22H34N4O3S/c1-20(2,3)17-14-18(26(24-17)22(7,8)9)23-19(27)15-10-12-16(13-11-15)30(28,29)25-21(4,5)6/h10-14,25H,1-9H3,(H,23,27). The number of rotatable bonds is 4. The summed E-state index contributed by atoms with van der Waals surface area (Å²) in [5.74, 6) is 0.275. The topological polar surface area (TPSA) is 93.1 Å². The highest BCUT2D eigenvalue weighted by Gasteiger charge is 2.26. The molecule has 2 aromatic rings. The zero-order chi connectivity index (χ0) is 23.1. The van der Waals surface area contributed by atoms with Crippen LogP contribution in [0, 0.1) is 0 Å². The van der Waals surface area contributed by atoms with Crippen molar-refractivity contribution < 1.29 is 13.2 Å². The monoisotopic (exact) mass is 434 g/mol. The van der Waals surface area contributed by atoms with Crippen molar-refractivity contribution in [3.8, 4) is 0 Å². The number of aromatic nitrogens is 2. The van der Waals surface area contributed by atoms with Gasteiger partial charge in [-0.2, -0.15) is 5.10 Å². The molecule has 0 fully saturated rings. The van der Waals surface area contributed by atoms with E-state index >= 15 is 0 Å². The van der Waals surface area contributed by atoms with E-state index in [0.29, 0.717) is 11.4 Å². The third-order valence-corrected chi connectivity index (χ3v) is 6.00. The van der Waals surface area contributed by atoms with Crippen molar-refractivity contribution in [2.75, 3.05) is 5.32 Å². The molecular weight excluding hydrogens is 400 g/mol. The number of carbonyl (C=O) groups is 1. The largest absolute Gasteiger partial charge is 0.307 e. The smallest absolute Gasteiger partial charge is 0.256 e. The van der Waals surface area contributed by atoms with Crippen LogP contribution in [0.25, 0.3) is 0 Å². The van der Waals surface area contributed by atoms with E-state index < -0.39 is 15.6 Å². The lowest BCUT2D eigenvalue weighted by molar-refractivity contribution is 0.102. The Morgan fingerprint density at radius 3 is 1.90 bits per heavy atom. The molecule has 0 aliphatic carbocycles. The van der Waals surface area contributed by atoms with E-state index in [-0.39, 0.29) is 21.8 Å². The molecule has 0 bridgehead atoms. The van der Waals surface area contributed by atoms with E-state index in [1.807, 2.05) is 26.8 Å². The van der Waals surface area contributed by atoms with Gasteiger partial charge < -0.3 is 5.32 Å². The number of anilines is 1. The van der Waals surface area contributed by atoms with Gasteiger partial charge in [0.25, 0.3) is 5.91 Å². The van der Waals surface area contributed by atoms with Crippen LogP contribution >= 0.6 is 0 Å². The van der Waals surface area contributed by atoms with Crippen LogP contribution in [0.5, 0.6) is 0 Å². The van der Waals surface area contributed by atoms with Crippen molar-refractivity contribution in [1.82, 2.24) is 14.5 Å². The van der Waals surface area contributed by atoms with E-state index in [0.717, 1.165) is 5.69 Å². The SMILES string of the molecule is CC(C)(C)NS(=O)(=O)c1ccc(C(=O)Nc2cc(C(C)(C)C)nn2C(C)(C)C)cc1. The Morgan fingerprint density at radius 2 is 1.47 bits per heavy atom. The van der Waals surface area contributed by atoms with Crippen LogP contribution < -0.4 is 10.0 Å². The number of sulfonamides is 1. The highest BCUT2D eigenvalue weighted by Crippen LogP contribution is 2.28. The Morgan fingerprint density at radius 1 is 0.933 bits per heavy atom. The van der Waals surface area contributed by atoms with Gasteiger partial charge in [-0.1, -0.05) is 20.8 Å². The fraction of sp³-hybridized carbons (Fsp3) is 0.545. The first-order valence-electron chi connectivity index (χ1n) is 9.97. The normalized spacial score (nSPS) is 13.4. The molecule has 8 heteroatoms. The zero-order valence-corrected chi connectivity index (χ0v) is 20.2. The van der Waals surface area contributed by atoms with E-state index in [9.17, 15) is 13.2 Å². The fourth-order valence-corrected chi connectivity index (χ4v) is 4.20. The van der Waals surface area contributed by atoms with Gasteiger partial charge in [-0.05, 0) is 65.8 Å². The van der Waals surface area contributed by atoms with Crippen LogP contribution in [-0.2, 0) is 21.0 Å². The molecule has 1 amide bonds. The average Bonchev–Trinajstić information content (AvgIpc) is 2.97. The van der Waals surface area contributed by atoms with Crippen molar-refractivity contribution in [3.05, 3.63) is 41.6 Å². The molecule has 1 aromatic carbocycles. The van der Waals surface area contributed by atoms with E-state index in [2.05, 4.69) is 30.8 Å². The summed E-state index contributed by atoms with van der Waals surface area (Å²) in [5, 5.41) is 7.61. The summed E-state index contributed by atoms with van der Waals surface area (Å²) in [6, 6.07) is 7.77. The number of hydrogen-bond donors (Lipinski definition) is 2. The summed E-state index contributed by atoms with van der Waals surface area (Å²) in [6.07, 6.45) is 0. The van der Waals surface area contributed by atoms with Crippen molar-refractivity contribution in [3.63, 3.8) is 0 Å². The number of amides is 1. The predicted octanol–water partition coefficient (Wildman–Crippen LogP) is 4.26. The molecule has 7 nitrogen and oxygen atoms in total. The van der Waals surface area contributed by atoms with Crippen LogP contribution in [-0.4, -0.2) is 29.6 Å². The van der Waals surface area contributed by atoms with Crippen molar-refractivity contribution in [2.24, 2.45) is 0 Å². The molecule has 2 N–H and O–H groups in total. The van der Waals surface area contributed by atoms with Crippen molar-refractivity contribution in [2.45, 2.75) is 83.7 Å². The highest BCUT2D eigenvalue weighted by molar-refractivity contribution is 7.89. The Kier molecular flexibility index (Phi) is 6.27. The third-order valence-electron chi connectivity index (χ3n) is 4.22. The third kappa shape index (κ3) is 5.92. The van der Waals surface area contributed by atoms with Gasteiger partial charge in [0.2, 0.25) is 10.0 Å². The van der Waals surface area contributed by atoms with Crippen LogP contribution in [0.3, 0.4) is 0 Å². The number of carbonyl (C=O) groups excluding carboxylic acids is 1. The first-order chi connectivity index (χ1) is 13.4. The van der Waals surface area contributed by atoms with Gasteiger partial charge in [-0.15, -0.1) is 0 Å². The summed E-state index contributed by atoms with van der Waals surface area (Å²) in [7, 11) is -3.65. The van der Waals surface area contributed by atoms with Crippen LogP contribution in [0.2, 0.25) is 0 Å². The maximum absolute atomic E-state index is 12.8. The summed E-state index contributed by atoms with van der Waals surface area (Å²) < 4.78 is 29.3. The quantitative estimate of drug-likeness (QED) is 0.752. The van der Waals surface area contributed by atoms with E-state index in [1.54, 1.807) is 25.5 Å². The molecule has 0 aliphatic heterocycles. The van der Waals surface area contributed by atoms with Gasteiger partial charge in [0, 0.05) is 22.6 Å². The zero-order valence-electron chi connectivity index (χ0n) is 19.4. The maximum atomic E-state index is 12.8. The van der Waals surface area contributed by atoms with Crippen LogP contribution in [0.1, 0.15) is 78.4 Å². The lowest BCUT2D eigenvalue weighted by Crippen LogP contribution is -2.40. The van der Waals surface area contributed by atoms with Gasteiger partial charge >= 0.3 is 0 Å². The number of nitrogens with one attached hydrogen (secondary N) is 2. The molecule has 0 aliphatic rings. The molecule has 0 atom stereocenters. The second-order valence-electron chi connectivity index (χ2n) is 10.6. The highest BCUT2D eigenvalue weighted by atomic mass is 32.2. The minimum absolute atomic E-state index is 0.115. The fourth-order valence-electron chi connectivity index (χ4n) is 2.78. The van der Waals surface area contributed by atoms with Gasteiger partial charge in [0.05, 0.1) is 16.1 Å². The lowest BCUT2D eigenvalue weighted by atomic mass is 9.92. The molecular formula is C22H34N4O3S. The summed E-state index contributed by atoms with van der Waals surface area (Å²) in [4.78, 5) is 12.9. The van der Waals surface area contributed by atoms with Gasteiger partial charge in [-0.25, -0.2) is 17.8 Å². The number of benzene rings is 1. The molecule has 0 unspecified atom stereocenters. The summed E-state index contributed by atoms with van der Waals surface area (Å²) in [6.45, 7) is 17.6. The second-order valence-corrected chi connectivity index (χ2v) is 12.3. The Hall–Kier alpha value is -2.19. The second kappa shape index (κ2) is 7.81. The molecule has 0 saturated heterocycles. The molecule has 1 aromatic heterocycles. The maximum Gasteiger partial charge on any atom is 0.256 e. The number of hydrogen-bond acceptors (Lipinski definition) is 4. The molecule has 30 heavy (non-hydrogen) atoms. The first-order valence-corrected chi connectivity index (χ1v) is 11.4. The Balaban J connectivity index is 2.30. The molecule has 0 spiro atoms. The number of nitrogens with zero attached hydrogens (tertiary/aromatic N) is 2. The van der Waals surface area contributed by atoms with E-state index in [4.69, 9.17) is 5.10 Å². The van der Waals surface area contributed by atoms with Crippen LogP contribution in [0.15, 0.2) is 35.2 Å². The van der Waals surface area contributed by atoms with Crippen molar-refractivity contribution >= 4 is 21.7 Å². The molecule has 2 rings (SSSR count). The molecule has 1 heterocycles.